The van der Waals surface area contributed by atoms with E-state index in [1.807, 2.05) is 74.1 Å². The molecule has 196 valence electrons. The first-order valence-electron chi connectivity index (χ1n) is 11.8. The second-order valence-electron chi connectivity index (χ2n) is 9.39. The zero-order valence-corrected chi connectivity index (χ0v) is 21.6. The molecule has 10 heteroatoms. The van der Waals surface area contributed by atoms with Crippen LogP contribution in [-0.2, 0) is 4.79 Å². The van der Waals surface area contributed by atoms with Crippen LogP contribution >= 0.6 is 0 Å². The number of fused-ring (bicyclic) bond motifs is 2. The first-order chi connectivity index (χ1) is 18.0. The zero-order valence-electron chi connectivity index (χ0n) is 21.6. The van der Waals surface area contributed by atoms with Gasteiger partial charge in [-0.25, -0.2) is 4.58 Å². The van der Waals surface area contributed by atoms with Crippen molar-refractivity contribution in [3.63, 3.8) is 0 Å². The number of rotatable bonds is 7. The second kappa shape index (κ2) is 10.3. The van der Waals surface area contributed by atoms with E-state index in [-0.39, 0.29) is 17.7 Å². The quantitative estimate of drug-likeness (QED) is 0.234. The molecule has 0 saturated carbocycles. The molecule has 2 amide bonds. The Morgan fingerprint density at radius 2 is 1.74 bits per heavy atom. The third-order valence-corrected chi connectivity index (χ3v) is 6.34. The van der Waals surface area contributed by atoms with E-state index in [1.165, 1.54) is 12.1 Å². The average Bonchev–Trinajstić information content (AvgIpc) is 2.88. The van der Waals surface area contributed by atoms with Gasteiger partial charge >= 0.3 is 0 Å². The summed E-state index contributed by atoms with van der Waals surface area (Å²) < 4.78 is 8.24. The van der Waals surface area contributed by atoms with E-state index >= 15 is 0 Å². The normalized spacial score (nSPS) is 11.8. The Balaban J connectivity index is 1.95. The SMILES string of the molecule is CN(C)c1ccc2c(-c3ccc(C(=O)NC[C@H](N)C(N)=O)cc3C(=O)[O-])c3ccc(=[N+](C)C)cc-3oc2c1. The largest absolute Gasteiger partial charge is 0.545 e. The lowest BCUT2D eigenvalue weighted by Gasteiger charge is -2.20. The van der Waals surface area contributed by atoms with Crippen LogP contribution in [0.2, 0.25) is 0 Å². The molecule has 38 heavy (non-hydrogen) atoms. The number of carboxylic acids is 1. The van der Waals surface area contributed by atoms with E-state index in [2.05, 4.69) is 5.32 Å². The molecule has 0 fully saturated rings. The maximum Gasteiger partial charge on any atom is 0.251 e. The summed E-state index contributed by atoms with van der Waals surface area (Å²) in [6.45, 7) is -0.186. The number of aromatic carboxylic acids is 1. The molecule has 1 heterocycles. The molecule has 10 nitrogen and oxygen atoms in total. The van der Waals surface area contributed by atoms with Gasteiger partial charge in [0.15, 0.2) is 0 Å². The van der Waals surface area contributed by atoms with Crippen molar-refractivity contribution in [2.24, 2.45) is 11.5 Å². The topological polar surface area (TPSA) is 158 Å². The lowest BCUT2D eigenvalue weighted by molar-refractivity contribution is -0.254. The number of carboxylic acid groups (broad SMARTS) is 1. The molecule has 1 atom stereocenters. The smallest absolute Gasteiger partial charge is 0.251 e. The third kappa shape index (κ3) is 5.07. The molecule has 4 rings (SSSR count). The van der Waals surface area contributed by atoms with Crippen molar-refractivity contribution >= 4 is 34.4 Å². The van der Waals surface area contributed by atoms with Crippen molar-refractivity contribution in [2.75, 3.05) is 39.6 Å². The van der Waals surface area contributed by atoms with Crippen LogP contribution in [0, 0.1) is 0 Å². The first kappa shape index (κ1) is 26.4. The Kier molecular flexibility index (Phi) is 7.18. The van der Waals surface area contributed by atoms with Gasteiger partial charge in [-0.2, -0.15) is 0 Å². The predicted octanol–water partition coefficient (Wildman–Crippen LogP) is 0.208. The number of carbonyl (C=O) groups excluding carboxylic acids is 3. The zero-order chi connectivity index (χ0) is 27.7. The lowest BCUT2D eigenvalue weighted by atomic mass is 9.89. The standard InChI is InChI=1S/C28H29N5O5/c1-32(2)16-6-9-19-23(12-16)38-24-13-17(33(3)4)7-10-20(24)25(19)18-8-5-15(11-21(18)28(36)37)27(35)31-14-22(29)26(30)34/h5-13,22H,14,29H2,1-4H3,(H3-,30,31,34,35,36,37)/t22-/m0/s1. The minimum Gasteiger partial charge on any atom is -0.545 e. The molecule has 0 radical (unpaired) electrons. The molecule has 1 aliphatic heterocycles. The summed E-state index contributed by atoms with van der Waals surface area (Å²) in [4.78, 5) is 38.1. The molecule has 1 aliphatic carbocycles. The van der Waals surface area contributed by atoms with Crippen LogP contribution in [0.15, 0.2) is 59.0 Å². The van der Waals surface area contributed by atoms with Gasteiger partial charge in [-0.05, 0) is 35.9 Å². The molecule has 5 N–H and O–H groups in total. The number of hydrogen-bond acceptors (Lipinski definition) is 7. The van der Waals surface area contributed by atoms with E-state index < -0.39 is 23.8 Å². The van der Waals surface area contributed by atoms with Gasteiger partial charge in [0, 0.05) is 66.1 Å². The molecule has 0 unspecified atom stereocenters. The Hall–Kier alpha value is -4.70. The summed E-state index contributed by atoms with van der Waals surface area (Å²) in [6.07, 6.45) is 0. The molecular weight excluding hydrogens is 486 g/mol. The van der Waals surface area contributed by atoms with Gasteiger partial charge < -0.3 is 36.0 Å². The summed E-state index contributed by atoms with van der Waals surface area (Å²) in [7, 11) is 7.67. The van der Waals surface area contributed by atoms with Crippen LogP contribution in [0.1, 0.15) is 20.7 Å². The van der Waals surface area contributed by atoms with Crippen LogP contribution in [-0.4, -0.2) is 58.6 Å². The van der Waals surface area contributed by atoms with Crippen molar-refractivity contribution in [2.45, 2.75) is 6.04 Å². The van der Waals surface area contributed by atoms with Crippen LogP contribution in [0.4, 0.5) is 5.69 Å². The first-order valence-corrected chi connectivity index (χ1v) is 11.8. The Labute approximate surface area is 219 Å². The highest BCUT2D eigenvalue weighted by Crippen LogP contribution is 2.42. The number of hydrogen-bond donors (Lipinski definition) is 3. The number of carbonyl (C=O) groups is 3. The molecule has 2 aromatic rings. The molecule has 2 aliphatic rings. The van der Waals surface area contributed by atoms with Gasteiger partial charge in [-0.1, -0.05) is 6.07 Å². The number of primary amides is 1. The van der Waals surface area contributed by atoms with Crippen LogP contribution in [0.5, 0.6) is 0 Å². The van der Waals surface area contributed by atoms with Crippen LogP contribution < -0.4 is 36.7 Å². The van der Waals surface area contributed by atoms with Crippen LogP contribution in [0.3, 0.4) is 0 Å². The highest BCUT2D eigenvalue weighted by atomic mass is 16.4. The number of benzene rings is 3. The summed E-state index contributed by atoms with van der Waals surface area (Å²) in [5.74, 6) is -2.24. The minimum atomic E-state index is -1.44. The third-order valence-electron chi connectivity index (χ3n) is 6.34. The van der Waals surface area contributed by atoms with Gasteiger partial charge in [0.2, 0.25) is 11.3 Å². The summed E-state index contributed by atoms with van der Waals surface area (Å²) in [5.41, 5.74) is 13.8. The van der Waals surface area contributed by atoms with Crippen molar-refractivity contribution in [3.05, 3.63) is 71.1 Å². The van der Waals surface area contributed by atoms with E-state index in [0.29, 0.717) is 33.4 Å². The maximum atomic E-state index is 12.7. The molecule has 0 saturated heterocycles. The number of nitrogens with two attached hydrogens (primary N) is 2. The monoisotopic (exact) mass is 515 g/mol. The highest BCUT2D eigenvalue weighted by molar-refractivity contribution is 6.09. The number of nitrogens with zero attached hydrogens (tertiary/aromatic N) is 2. The molecule has 2 aromatic carbocycles. The van der Waals surface area contributed by atoms with Crippen molar-refractivity contribution in [3.8, 4) is 22.5 Å². The number of nitrogens with one attached hydrogen (secondary N) is 1. The van der Waals surface area contributed by atoms with E-state index in [9.17, 15) is 19.5 Å². The fraction of sp³-hybridized carbons (Fsp3) is 0.214. The minimum absolute atomic E-state index is 0.0728. The van der Waals surface area contributed by atoms with Crippen LogP contribution in [0.25, 0.3) is 33.4 Å². The van der Waals surface area contributed by atoms with Gasteiger partial charge in [0.1, 0.15) is 31.5 Å². The summed E-state index contributed by atoms with van der Waals surface area (Å²) in [5, 5.41) is 16.4. The Bertz CT molecular complexity index is 1620. The number of amides is 2. The van der Waals surface area contributed by atoms with Crippen molar-refractivity contribution in [1.82, 2.24) is 9.89 Å². The Morgan fingerprint density at radius 1 is 1.03 bits per heavy atom. The molecule has 0 bridgehead atoms. The summed E-state index contributed by atoms with van der Waals surface area (Å²) >= 11 is 0. The van der Waals surface area contributed by atoms with Gasteiger partial charge in [0.05, 0.1) is 12.0 Å². The number of anilines is 1. The lowest BCUT2D eigenvalue weighted by Crippen LogP contribution is -2.45. The van der Waals surface area contributed by atoms with Gasteiger partial charge in [-0.15, -0.1) is 0 Å². The highest BCUT2D eigenvalue weighted by Gasteiger charge is 2.22. The molecule has 0 spiro atoms. The second-order valence-corrected chi connectivity index (χ2v) is 9.39. The van der Waals surface area contributed by atoms with Crippen molar-refractivity contribution in [1.29, 1.82) is 0 Å². The fourth-order valence-electron chi connectivity index (χ4n) is 4.19. The fourth-order valence-corrected chi connectivity index (χ4v) is 4.19. The average molecular weight is 516 g/mol. The maximum absolute atomic E-state index is 12.7. The van der Waals surface area contributed by atoms with Gasteiger partial charge in [0.25, 0.3) is 5.91 Å². The molecular formula is C28H29N5O5. The Morgan fingerprint density at radius 3 is 2.37 bits per heavy atom. The van der Waals surface area contributed by atoms with E-state index in [4.69, 9.17) is 15.9 Å². The predicted molar refractivity (Wildman–Crippen MR) is 144 cm³/mol. The van der Waals surface area contributed by atoms with Crippen molar-refractivity contribution < 1.29 is 23.9 Å². The molecule has 0 aromatic heterocycles. The summed E-state index contributed by atoms with van der Waals surface area (Å²) in [6, 6.07) is 14.7. The van der Waals surface area contributed by atoms with E-state index in [0.717, 1.165) is 11.0 Å². The van der Waals surface area contributed by atoms with E-state index in [1.54, 1.807) is 6.07 Å². The van der Waals surface area contributed by atoms with Gasteiger partial charge in [-0.3, -0.25) is 9.59 Å².